The van der Waals surface area contributed by atoms with Crippen LogP contribution in [0.15, 0.2) is 54.6 Å². The standard InChI is InChI=1S/C23H27N3/c1-2-6-17(7-3-1)14-18-10-11-22-19(15-18)12-13-26(22)16-23-24-20-8-4-5-9-21(20)25-23/h1-9,18-19,22H,10-16H2,(H,24,25)/t18?,19-,22+/m1/s1. The molecular weight excluding hydrogens is 318 g/mol. The summed E-state index contributed by atoms with van der Waals surface area (Å²) in [6.45, 7) is 2.20. The fraction of sp³-hybridized carbons (Fsp3) is 0.435. The Morgan fingerprint density at radius 3 is 2.69 bits per heavy atom. The van der Waals surface area contributed by atoms with Gasteiger partial charge in [0.25, 0.3) is 0 Å². The van der Waals surface area contributed by atoms with Gasteiger partial charge in [-0.3, -0.25) is 4.90 Å². The molecule has 1 N–H and O–H groups in total. The van der Waals surface area contributed by atoms with Crippen molar-refractivity contribution in [2.75, 3.05) is 6.54 Å². The van der Waals surface area contributed by atoms with E-state index in [1.165, 1.54) is 44.2 Å². The van der Waals surface area contributed by atoms with E-state index in [4.69, 9.17) is 4.98 Å². The molecule has 26 heavy (non-hydrogen) atoms. The first-order chi connectivity index (χ1) is 12.8. The normalized spacial score (nSPS) is 26.2. The Kier molecular flexibility index (Phi) is 4.25. The van der Waals surface area contributed by atoms with Crippen molar-refractivity contribution in [2.45, 2.75) is 44.7 Å². The second kappa shape index (κ2) is 6.88. The molecule has 0 radical (unpaired) electrons. The van der Waals surface area contributed by atoms with E-state index in [1.807, 2.05) is 0 Å². The molecule has 5 rings (SSSR count). The topological polar surface area (TPSA) is 31.9 Å². The van der Waals surface area contributed by atoms with E-state index in [9.17, 15) is 0 Å². The summed E-state index contributed by atoms with van der Waals surface area (Å²) in [5.74, 6) is 2.87. The monoisotopic (exact) mass is 345 g/mol. The number of hydrogen-bond acceptors (Lipinski definition) is 2. The van der Waals surface area contributed by atoms with E-state index in [-0.39, 0.29) is 0 Å². The number of rotatable bonds is 4. The van der Waals surface area contributed by atoms with E-state index in [0.717, 1.165) is 41.3 Å². The number of likely N-dealkylation sites (tertiary alicyclic amines) is 1. The highest BCUT2D eigenvalue weighted by atomic mass is 15.2. The minimum atomic E-state index is 0.759. The average molecular weight is 345 g/mol. The summed E-state index contributed by atoms with van der Waals surface area (Å²) in [6, 6.07) is 20.1. The predicted octanol–water partition coefficient (Wildman–Crippen LogP) is 4.80. The Morgan fingerprint density at radius 2 is 1.81 bits per heavy atom. The van der Waals surface area contributed by atoms with Gasteiger partial charge in [-0.15, -0.1) is 0 Å². The predicted molar refractivity (Wildman–Crippen MR) is 106 cm³/mol. The van der Waals surface area contributed by atoms with Crippen LogP contribution in [0.3, 0.4) is 0 Å². The van der Waals surface area contributed by atoms with Crippen molar-refractivity contribution in [3.63, 3.8) is 0 Å². The fourth-order valence-corrected chi connectivity index (χ4v) is 5.24. The minimum absolute atomic E-state index is 0.759. The molecule has 1 aliphatic carbocycles. The molecule has 0 bridgehead atoms. The number of fused-ring (bicyclic) bond motifs is 2. The van der Waals surface area contributed by atoms with Crippen molar-refractivity contribution < 1.29 is 0 Å². The van der Waals surface area contributed by atoms with Crippen LogP contribution in [0.4, 0.5) is 0 Å². The molecule has 1 unspecified atom stereocenters. The van der Waals surface area contributed by atoms with Crippen LogP contribution in [0.1, 0.15) is 37.1 Å². The number of H-pyrrole nitrogens is 1. The maximum atomic E-state index is 4.79. The molecule has 2 aliphatic rings. The number of hydrogen-bond donors (Lipinski definition) is 1. The smallest absolute Gasteiger partial charge is 0.121 e. The zero-order valence-corrected chi connectivity index (χ0v) is 15.3. The molecule has 3 atom stereocenters. The van der Waals surface area contributed by atoms with Gasteiger partial charge in [0.15, 0.2) is 0 Å². The van der Waals surface area contributed by atoms with Crippen molar-refractivity contribution in [1.82, 2.24) is 14.9 Å². The van der Waals surface area contributed by atoms with Crippen LogP contribution in [0, 0.1) is 11.8 Å². The number of imidazole rings is 1. The summed E-state index contributed by atoms with van der Waals surface area (Å²) in [4.78, 5) is 11.0. The summed E-state index contributed by atoms with van der Waals surface area (Å²) in [5, 5.41) is 0. The van der Waals surface area contributed by atoms with Crippen LogP contribution < -0.4 is 0 Å². The van der Waals surface area contributed by atoms with Gasteiger partial charge in [0.2, 0.25) is 0 Å². The zero-order chi connectivity index (χ0) is 17.3. The second-order valence-corrected chi connectivity index (χ2v) is 8.16. The van der Waals surface area contributed by atoms with Crippen molar-refractivity contribution >= 4 is 11.0 Å². The van der Waals surface area contributed by atoms with Crippen LogP contribution in [0.5, 0.6) is 0 Å². The van der Waals surface area contributed by atoms with E-state index in [1.54, 1.807) is 0 Å². The molecule has 2 aromatic carbocycles. The molecule has 0 amide bonds. The number of nitrogens with zero attached hydrogens (tertiary/aromatic N) is 2. The first kappa shape index (κ1) is 16.1. The Labute approximate surface area is 155 Å². The van der Waals surface area contributed by atoms with Crippen molar-refractivity contribution in [3.05, 3.63) is 66.0 Å². The third-order valence-electron chi connectivity index (χ3n) is 6.47. The number of aromatic nitrogens is 2. The Bertz CT molecular complexity index is 836. The van der Waals surface area contributed by atoms with Crippen LogP contribution in [0.25, 0.3) is 11.0 Å². The van der Waals surface area contributed by atoms with E-state index >= 15 is 0 Å². The van der Waals surface area contributed by atoms with Gasteiger partial charge in [0.1, 0.15) is 5.82 Å². The summed E-state index contributed by atoms with van der Waals surface area (Å²) in [5.41, 5.74) is 3.75. The summed E-state index contributed by atoms with van der Waals surface area (Å²) in [7, 11) is 0. The molecule has 2 fully saturated rings. The average Bonchev–Trinajstić information content (AvgIpc) is 3.26. The Hall–Kier alpha value is -2.13. The number of para-hydroxylation sites is 2. The summed E-state index contributed by atoms with van der Waals surface area (Å²) >= 11 is 0. The number of benzene rings is 2. The van der Waals surface area contributed by atoms with Crippen LogP contribution >= 0.6 is 0 Å². The lowest BCUT2D eigenvalue weighted by Crippen LogP contribution is -2.37. The lowest BCUT2D eigenvalue weighted by atomic mass is 9.76. The molecule has 1 aromatic heterocycles. The van der Waals surface area contributed by atoms with Crippen molar-refractivity contribution in [1.29, 1.82) is 0 Å². The second-order valence-electron chi connectivity index (χ2n) is 8.16. The molecular formula is C23H27N3. The number of nitrogens with one attached hydrogen (secondary N) is 1. The quantitative estimate of drug-likeness (QED) is 0.737. The first-order valence-electron chi connectivity index (χ1n) is 10.1. The van der Waals surface area contributed by atoms with Gasteiger partial charge in [0, 0.05) is 6.04 Å². The van der Waals surface area contributed by atoms with Gasteiger partial charge in [-0.1, -0.05) is 42.5 Å². The lowest BCUT2D eigenvalue weighted by molar-refractivity contribution is 0.144. The molecule has 1 aliphatic heterocycles. The highest BCUT2D eigenvalue weighted by Gasteiger charge is 2.38. The van der Waals surface area contributed by atoms with Gasteiger partial charge in [-0.05, 0) is 68.2 Å². The number of aromatic amines is 1. The van der Waals surface area contributed by atoms with Crippen LogP contribution in [-0.4, -0.2) is 27.5 Å². The van der Waals surface area contributed by atoms with Gasteiger partial charge < -0.3 is 4.98 Å². The van der Waals surface area contributed by atoms with Gasteiger partial charge in [-0.2, -0.15) is 0 Å². The van der Waals surface area contributed by atoms with Gasteiger partial charge >= 0.3 is 0 Å². The maximum Gasteiger partial charge on any atom is 0.121 e. The van der Waals surface area contributed by atoms with Crippen molar-refractivity contribution in [3.8, 4) is 0 Å². The molecule has 1 saturated carbocycles. The Morgan fingerprint density at radius 1 is 0.962 bits per heavy atom. The lowest BCUT2D eigenvalue weighted by Gasteiger charge is -2.35. The molecule has 2 heterocycles. The largest absolute Gasteiger partial charge is 0.341 e. The van der Waals surface area contributed by atoms with Crippen molar-refractivity contribution in [2.24, 2.45) is 11.8 Å². The zero-order valence-electron chi connectivity index (χ0n) is 15.3. The SMILES string of the molecule is c1ccc(CC2CC[C@H]3[C@H](CCN3Cc3nc4ccccc4[nH]3)C2)cc1. The van der Waals surface area contributed by atoms with Gasteiger partial charge in [0.05, 0.1) is 17.6 Å². The van der Waals surface area contributed by atoms with Crippen LogP contribution in [0.2, 0.25) is 0 Å². The molecule has 0 spiro atoms. The highest BCUT2D eigenvalue weighted by molar-refractivity contribution is 5.74. The fourth-order valence-electron chi connectivity index (χ4n) is 5.24. The third kappa shape index (κ3) is 3.16. The van der Waals surface area contributed by atoms with E-state index in [0.29, 0.717) is 0 Å². The molecule has 3 aromatic rings. The third-order valence-corrected chi connectivity index (χ3v) is 6.47. The summed E-state index contributed by atoms with van der Waals surface area (Å²) < 4.78 is 0. The van der Waals surface area contributed by atoms with Gasteiger partial charge in [-0.25, -0.2) is 4.98 Å². The Balaban J connectivity index is 1.23. The van der Waals surface area contributed by atoms with E-state index in [2.05, 4.69) is 64.5 Å². The molecule has 3 heteroatoms. The maximum absolute atomic E-state index is 4.79. The van der Waals surface area contributed by atoms with E-state index < -0.39 is 0 Å². The minimum Gasteiger partial charge on any atom is -0.341 e. The molecule has 3 nitrogen and oxygen atoms in total. The first-order valence-corrected chi connectivity index (χ1v) is 10.1. The molecule has 134 valence electrons. The summed E-state index contributed by atoms with van der Waals surface area (Å²) in [6.07, 6.45) is 6.73. The van der Waals surface area contributed by atoms with Crippen LogP contribution in [-0.2, 0) is 13.0 Å². The molecule has 1 saturated heterocycles. The highest BCUT2D eigenvalue weighted by Crippen LogP contribution is 2.40.